The van der Waals surface area contributed by atoms with E-state index in [-0.39, 0.29) is 5.82 Å². The second kappa shape index (κ2) is 4.94. The summed E-state index contributed by atoms with van der Waals surface area (Å²) in [5, 5.41) is 9.39. The molecule has 0 spiro atoms. The summed E-state index contributed by atoms with van der Waals surface area (Å²) in [6.07, 6.45) is 0.553. The Balaban J connectivity index is 2.53. The standard InChI is InChI=1S/C10H14FNO/c11-9-3-1-2-8(6-9)7-10(13)4-5-12/h1-3,6,10,13H,4-5,7,12H2. The summed E-state index contributed by atoms with van der Waals surface area (Å²) in [5.74, 6) is -0.266. The van der Waals surface area contributed by atoms with Gasteiger partial charge in [0.2, 0.25) is 0 Å². The zero-order valence-corrected chi connectivity index (χ0v) is 7.41. The Morgan fingerprint density at radius 3 is 2.85 bits per heavy atom. The van der Waals surface area contributed by atoms with Gasteiger partial charge in [-0.15, -0.1) is 0 Å². The van der Waals surface area contributed by atoms with Gasteiger partial charge in [-0.2, -0.15) is 0 Å². The zero-order valence-electron chi connectivity index (χ0n) is 7.41. The molecular formula is C10H14FNO. The minimum absolute atomic E-state index is 0.266. The first kappa shape index (κ1) is 10.2. The van der Waals surface area contributed by atoms with Crippen LogP contribution in [0.3, 0.4) is 0 Å². The van der Waals surface area contributed by atoms with Crippen molar-refractivity contribution < 1.29 is 9.50 Å². The SMILES string of the molecule is NCCC(O)Cc1cccc(F)c1. The molecule has 0 saturated carbocycles. The normalized spacial score (nSPS) is 12.8. The summed E-state index contributed by atoms with van der Waals surface area (Å²) in [7, 11) is 0. The molecule has 0 bridgehead atoms. The van der Waals surface area contributed by atoms with Gasteiger partial charge in [-0.1, -0.05) is 12.1 Å². The number of halogens is 1. The number of aliphatic hydroxyl groups is 1. The lowest BCUT2D eigenvalue weighted by molar-refractivity contribution is 0.167. The molecule has 3 N–H and O–H groups in total. The number of benzene rings is 1. The third kappa shape index (κ3) is 3.53. The fourth-order valence-electron chi connectivity index (χ4n) is 1.23. The second-order valence-electron chi connectivity index (χ2n) is 3.07. The van der Waals surface area contributed by atoms with E-state index in [0.29, 0.717) is 19.4 Å². The molecule has 72 valence electrons. The van der Waals surface area contributed by atoms with E-state index in [1.165, 1.54) is 12.1 Å². The molecule has 1 rings (SSSR count). The smallest absolute Gasteiger partial charge is 0.123 e. The molecule has 13 heavy (non-hydrogen) atoms. The van der Waals surface area contributed by atoms with Crippen LogP contribution in [-0.2, 0) is 6.42 Å². The first-order valence-electron chi connectivity index (χ1n) is 4.35. The van der Waals surface area contributed by atoms with Crippen molar-refractivity contribution >= 4 is 0 Å². The molecular weight excluding hydrogens is 169 g/mol. The largest absolute Gasteiger partial charge is 0.393 e. The highest BCUT2D eigenvalue weighted by Crippen LogP contribution is 2.07. The van der Waals surface area contributed by atoms with Crippen LogP contribution in [0.15, 0.2) is 24.3 Å². The summed E-state index contributed by atoms with van der Waals surface area (Å²) in [5.41, 5.74) is 6.09. The van der Waals surface area contributed by atoms with Gasteiger partial charge in [0, 0.05) is 0 Å². The van der Waals surface area contributed by atoms with E-state index in [0.717, 1.165) is 5.56 Å². The molecule has 1 aromatic rings. The minimum Gasteiger partial charge on any atom is -0.393 e. The van der Waals surface area contributed by atoms with Gasteiger partial charge in [0.05, 0.1) is 6.10 Å². The molecule has 0 aliphatic rings. The van der Waals surface area contributed by atoms with Gasteiger partial charge < -0.3 is 10.8 Å². The Morgan fingerprint density at radius 1 is 1.46 bits per heavy atom. The lowest BCUT2D eigenvalue weighted by atomic mass is 10.1. The third-order valence-electron chi connectivity index (χ3n) is 1.86. The Bertz CT molecular complexity index is 265. The quantitative estimate of drug-likeness (QED) is 0.733. The molecule has 0 radical (unpaired) electrons. The van der Waals surface area contributed by atoms with E-state index in [1.807, 2.05) is 0 Å². The summed E-state index contributed by atoms with van der Waals surface area (Å²) < 4.78 is 12.7. The molecule has 3 heteroatoms. The minimum atomic E-state index is -0.466. The van der Waals surface area contributed by atoms with E-state index in [9.17, 15) is 9.50 Å². The highest BCUT2D eigenvalue weighted by Gasteiger charge is 2.04. The molecule has 2 nitrogen and oxygen atoms in total. The first-order valence-corrected chi connectivity index (χ1v) is 4.35. The van der Waals surface area contributed by atoms with Crippen molar-refractivity contribution in [2.24, 2.45) is 5.73 Å². The highest BCUT2D eigenvalue weighted by molar-refractivity contribution is 5.16. The lowest BCUT2D eigenvalue weighted by Crippen LogP contribution is -2.15. The Morgan fingerprint density at radius 2 is 2.23 bits per heavy atom. The monoisotopic (exact) mass is 183 g/mol. The van der Waals surface area contributed by atoms with Crippen LogP contribution in [0.5, 0.6) is 0 Å². The van der Waals surface area contributed by atoms with Gasteiger partial charge in [0.15, 0.2) is 0 Å². The van der Waals surface area contributed by atoms with Crippen LogP contribution in [0, 0.1) is 5.82 Å². The van der Waals surface area contributed by atoms with Gasteiger partial charge in [-0.05, 0) is 37.1 Å². The summed E-state index contributed by atoms with van der Waals surface area (Å²) >= 11 is 0. The topological polar surface area (TPSA) is 46.2 Å². The average Bonchev–Trinajstić information content (AvgIpc) is 2.04. The maximum absolute atomic E-state index is 12.7. The fraction of sp³-hybridized carbons (Fsp3) is 0.400. The predicted octanol–water partition coefficient (Wildman–Crippen LogP) is 1.08. The van der Waals surface area contributed by atoms with Crippen LogP contribution in [-0.4, -0.2) is 17.8 Å². The van der Waals surface area contributed by atoms with Crippen molar-refractivity contribution in [2.75, 3.05) is 6.54 Å². The molecule has 0 aliphatic heterocycles. The summed E-state index contributed by atoms with van der Waals surface area (Å²) in [6.45, 7) is 0.455. The van der Waals surface area contributed by atoms with E-state index in [1.54, 1.807) is 12.1 Å². The van der Waals surface area contributed by atoms with Gasteiger partial charge >= 0.3 is 0 Å². The Labute approximate surface area is 77.2 Å². The van der Waals surface area contributed by atoms with Gasteiger partial charge in [0.25, 0.3) is 0 Å². The number of hydrogen-bond acceptors (Lipinski definition) is 2. The maximum atomic E-state index is 12.7. The first-order chi connectivity index (χ1) is 6.22. The van der Waals surface area contributed by atoms with Crippen LogP contribution in [0.4, 0.5) is 4.39 Å². The van der Waals surface area contributed by atoms with Crippen molar-refractivity contribution in [3.8, 4) is 0 Å². The van der Waals surface area contributed by atoms with Gasteiger partial charge in [0.1, 0.15) is 5.82 Å². The second-order valence-corrected chi connectivity index (χ2v) is 3.07. The van der Waals surface area contributed by atoms with Crippen LogP contribution >= 0.6 is 0 Å². The van der Waals surface area contributed by atoms with Crippen LogP contribution < -0.4 is 5.73 Å². The van der Waals surface area contributed by atoms with Crippen LogP contribution in [0.1, 0.15) is 12.0 Å². The number of nitrogens with two attached hydrogens (primary N) is 1. The van der Waals surface area contributed by atoms with E-state index >= 15 is 0 Å². The number of rotatable bonds is 4. The fourth-order valence-corrected chi connectivity index (χ4v) is 1.23. The van der Waals surface area contributed by atoms with E-state index < -0.39 is 6.10 Å². The predicted molar refractivity (Wildman–Crippen MR) is 49.8 cm³/mol. The summed E-state index contributed by atoms with van der Waals surface area (Å²) in [6, 6.07) is 6.25. The summed E-state index contributed by atoms with van der Waals surface area (Å²) in [4.78, 5) is 0. The third-order valence-corrected chi connectivity index (χ3v) is 1.86. The van der Waals surface area contributed by atoms with Crippen molar-refractivity contribution in [1.29, 1.82) is 0 Å². The number of hydrogen-bond donors (Lipinski definition) is 2. The Kier molecular flexibility index (Phi) is 3.86. The van der Waals surface area contributed by atoms with Gasteiger partial charge in [-0.3, -0.25) is 0 Å². The molecule has 0 heterocycles. The molecule has 1 atom stereocenters. The van der Waals surface area contributed by atoms with Crippen molar-refractivity contribution in [2.45, 2.75) is 18.9 Å². The number of aliphatic hydroxyl groups excluding tert-OH is 1. The molecule has 0 aromatic heterocycles. The Hall–Kier alpha value is -0.930. The van der Waals surface area contributed by atoms with E-state index in [2.05, 4.69) is 0 Å². The average molecular weight is 183 g/mol. The van der Waals surface area contributed by atoms with Crippen LogP contribution in [0.25, 0.3) is 0 Å². The highest BCUT2D eigenvalue weighted by atomic mass is 19.1. The van der Waals surface area contributed by atoms with Gasteiger partial charge in [-0.25, -0.2) is 4.39 Å². The van der Waals surface area contributed by atoms with Crippen molar-refractivity contribution in [3.05, 3.63) is 35.6 Å². The van der Waals surface area contributed by atoms with Crippen LogP contribution in [0.2, 0.25) is 0 Å². The molecule has 1 aromatic carbocycles. The van der Waals surface area contributed by atoms with Crippen molar-refractivity contribution in [3.63, 3.8) is 0 Å². The maximum Gasteiger partial charge on any atom is 0.123 e. The zero-order chi connectivity index (χ0) is 9.68. The van der Waals surface area contributed by atoms with E-state index in [4.69, 9.17) is 5.73 Å². The molecule has 0 fully saturated rings. The molecule has 1 unspecified atom stereocenters. The molecule has 0 amide bonds. The lowest BCUT2D eigenvalue weighted by Gasteiger charge is -2.08. The molecule has 0 aliphatic carbocycles. The molecule has 0 saturated heterocycles. The van der Waals surface area contributed by atoms with Crippen molar-refractivity contribution in [1.82, 2.24) is 0 Å².